The average Bonchev–Trinajstić information content (AvgIpc) is 2.57. The number of nitrogens with one attached hydrogen (secondary N) is 1. The lowest BCUT2D eigenvalue weighted by atomic mass is 10.1. The zero-order chi connectivity index (χ0) is 20.1. The standard InChI is InChI=1S/C17H18N6O4/c1-8-2-3-9(6-12(8)22-17(20)23-16(18)19)14(25)21-10-4-5-13(24)11(7-10)15(26)27/h2-7,24H,1H3,(H,21,25)(H,26,27)(H6,18,19,20,22,23). The van der Waals surface area contributed by atoms with E-state index in [0.29, 0.717) is 5.69 Å². The number of aromatic carboxylic acids is 1. The van der Waals surface area contributed by atoms with Crippen molar-refractivity contribution in [3.63, 3.8) is 0 Å². The molecule has 10 heteroatoms. The first kappa shape index (κ1) is 19.2. The molecule has 2 rings (SSSR count). The topological polar surface area (TPSA) is 189 Å². The van der Waals surface area contributed by atoms with E-state index in [4.69, 9.17) is 22.3 Å². The zero-order valence-electron chi connectivity index (χ0n) is 14.3. The number of phenols is 1. The molecule has 0 saturated heterocycles. The Bertz CT molecular complexity index is 964. The quantitative estimate of drug-likeness (QED) is 0.261. The number of carboxylic acid groups (broad SMARTS) is 1. The summed E-state index contributed by atoms with van der Waals surface area (Å²) in [7, 11) is 0. The number of nitrogens with zero attached hydrogens (tertiary/aromatic N) is 2. The molecule has 2 aromatic carbocycles. The number of rotatable bonds is 4. The third-order valence-electron chi connectivity index (χ3n) is 3.43. The number of anilines is 1. The maximum atomic E-state index is 12.4. The van der Waals surface area contributed by atoms with Crippen molar-refractivity contribution in [2.45, 2.75) is 6.92 Å². The predicted octanol–water partition coefficient (Wildman–Crippen LogP) is 0.871. The summed E-state index contributed by atoms with van der Waals surface area (Å²) in [6.07, 6.45) is 0. The van der Waals surface area contributed by atoms with Crippen molar-refractivity contribution in [1.82, 2.24) is 0 Å². The second-order valence-electron chi connectivity index (χ2n) is 5.50. The summed E-state index contributed by atoms with van der Waals surface area (Å²) in [4.78, 5) is 31.2. The number of aliphatic imine (C=N–C) groups is 2. The number of hydrogen-bond acceptors (Lipinski definition) is 4. The molecule has 0 radical (unpaired) electrons. The Morgan fingerprint density at radius 3 is 2.41 bits per heavy atom. The van der Waals surface area contributed by atoms with Crippen LogP contribution in [0.4, 0.5) is 11.4 Å². The predicted molar refractivity (Wildman–Crippen MR) is 101 cm³/mol. The molecule has 0 fully saturated rings. The van der Waals surface area contributed by atoms with Gasteiger partial charge in [0.15, 0.2) is 5.96 Å². The van der Waals surface area contributed by atoms with Crippen LogP contribution in [-0.4, -0.2) is 34.0 Å². The van der Waals surface area contributed by atoms with E-state index in [-0.39, 0.29) is 28.7 Å². The molecule has 27 heavy (non-hydrogen) atoms. The summed E-state index contributed by atoms with van der Waals surface area (Å²) in [6.45, 7) is 1.77. The Labute approximate surface area is 154 Å². The molecule has 0 unspecified atom stereocenters. The Balaban J connectivity index is 2.30. The van der Waals surface area contributed by atoms with Crippen LogP contribution < -0.4 is 22.5 Å². The van der Waals surface area contributed by atoms with Crippen LogP contribution in [0.25, 0.3) is 0 Å². The van der Waals surface area contributed by atoms with Crippen LogP contribution in [0, 0.1) is 6.92 Å². The van der Waals surface area contributed by atoms with Gasteiger partial charge in [-0.25, -0.2) is 9.79 Å². The van der Waals surface area contributed by atoms with Gasteiger partial charge in [-0.1, -0.05) is 6.07 Å². The highest BCUT2D eigenvalue weighted by atomic mass is 16.4. The molecule has 2 aromatic rings. The highest BCUT2D eigenvalue weighted by molar-refractivity contribution is 6.05. The van der Waals surface area contributed by atoms with Crippen LogP contribution >= 0.6 is 0 Å². The van der Waals surface area contributed by atoms with Crippen molar-refractivity contribution < 1.29 is 19.8 Å². The molecule has 9 N–H and O–H groups in total. The fourth-order valence-corrected chi connectivity index (χ4v) is 2.14. The molecule has 0 heterocycles. The summed E-state index contributed by atoms with van der Waals surface area (Å²) < 4.78 is 0. The number of carbonyl (C=O) groups excluding carboxylic acids is 1. The van der Waals surface area contributed by atoms with E-state index in [0.717, 1.165) is 11.6 Å². The van der Waals surface area contributed by atoms with Gasteiger partial charge >= 0.3 is 5.97 Å². The summed E-state index contributed by atoms with van der Waals surface area (Å²) in [6, 6.07) is 8.43. The van der Waals surface area contributed by atoms with Gasteiger partial charge in [0, 0.05) is 11.3 Å². The molecular formula is C17H18N6O4. The van der Waals surface area contributed by atoms with Crippen LogP contribution in [0.3, 0.4) is 0 Å². The van der Waals surface area contributed by atoms with Gasteiger partial charge in [-0.2, -0.15) is 4.99 Å². The second kappa shape index (κ2) is 7.87. The lowest BCUT2D eigenvalue weighted by molar-refractivity contribution is 0.0693. The summed E-state index contributed by atoms with van der Waals surface area (Å²) >= 11 is 0. The van der Waals surface area contributed by atoms with E-state index in [1.54, 1.807) is 19.1 Å². The molecule has 0 saturated carbocycles. The molecule has 0 aliphatic heterocycles. The number of benzene rings is 2. The molecule has 10 nitrogen and oxygen atoms in total. The average molecular weight is 370 g/mol. The molecule has 1 amide bonds. The van der Waals surface area contributed by atoms with Crippen LogP contribution in [0.15, 0.2) is 46.4 Å². The Morgan fingerprint density at radius 2 is 1.78 bits per heavy atom. The lowest BCUT2D eigenvalue weighted by Gasteiger charge is -2.09. The number of aryl methyl sites for hydroxylation is 1. The number of aromatic hydroxyl groups is 1. The third-order valence-corrected chi connectivity index (χ3v) is 3.43. The molecule has 140 valence electrons. The summed E-state index contributed by atoms with van der Waals surface area (Å²) in [5.41, 5.74) is 17.3. The highest BCUT2D eigenvalue weighted by Gasteiger charge is 2.13. The minimum absolute atomic E-state index is 0.166. The fourth-order valence-electron chi connectivity index (χ4n) is 2.14. The lowest BCUT2D eigenvalue weighted by Crippen LogP contribution is -2.26. The van der Waals surface area contributed by atoms with Gasteiger partial charge in [0.25, 0.3) is 5.91 Å². The van der Waals surface area contributed by atoms with Crippen molar-refractivity contribution in [3.05, 3.63) is 53.1 Å². The van der Waals surface area contributed by atoms with Gasteiger partial charge < -0.3 is 32.7 Å². The minimum Gasteiger partial charge on any atom is -0.507 e. The van der Waals surface area contributed by atoms with Gasteiger partial charge in [-0.15, -0.1) is 0 Å². The maximum absolute atomic E-state index is 12.4. The summed E-state index contributed by atoms with van der Waals surface area (Å²) in [5.74, 6) is -2.63. The third kappa shape index (κ3) is 4.95. The minimum atomic E-state index is -1.31. The van der Waals surface area contributed by atoms with E-state index >= 15 is 0 Å². The van der Waals surface area contributed by atoms with Crippen LogP contribution in [-0.2, 0) is 0 Å². The van der Waals surface area contributed by atoms with Crippen molar-refractivity contribution >= 4 is 35.2 Å². The maximum Gasteiger partial charge on any atom is 0.339 e. The molecule has 0 aliphatic rings. The monoisotopic (exact) mass is 370 g/mol. The number of carbonyl (C=O) groups is 2. The van der Waals surface area contributed by atoms with E-state index < -0.39 is 17.6 Å². The first-order valence-electron chi connectivity index (χ1n) is 7.59. The van der Waals surface area contributed by atoms with Gasteiger partial charge in [0.2, 0.25) is 5.96 Å². The van der Waals surface area contributed by atoms with Crippen molar-refractivity contribution in [1.29, 1.82) is 0 Å². The fraction of sp³-hybridized carbons (Fsp3) is 0.0588. The number of nitrogens with two attached hydrogens (primary N) is 3. The van der Waals surface area contributed by atoms with E-state index in [2.05, 4.69) is 15.3 Å². The van der Waals surface area contributed by atoms with Gasteiger partial charge in [0.05, 0.1) is 5.69 Å². The van der Waals surface area contributed by atoms with Gasteiger partial charge in [-0.3, -0.25) is 4.79 Å². The number of hydrogen-bond donors (Lipinski definition) is 6. The van der Waals surface area contributed by atoms with Crippen molar-refractivity contribution in [3.8, 4) is 5.75 Å². The van der Waals surface area contributed by atoms with E-state index in [1.807, 2.05) is 0 Å². The molecule has 0 spiro atoms. The van der Waals surface area contributed by atoms with Crippen molar-refractivity contribution in [2.24, 2.45) is 27.2 Å². The molecule has 0 aromatic heterocycles. The molecule has 0 atom stereocenters. The Kier molecular flexibility index (Phi) is 5.61. The Hall–Kier alpha value is -4.08. The summed E-state index contributed by atoms with van der Waals surface area (Å²) in [5, 5.41) is 21.1. The first-order valence-corrected chi connectivity index (χ1v) is 7.59. The SMILES string of the molecule is Cc1ccc(C(=O)Nc2ccc(O)c(C(=O)O)c2)cc1N=C(N)N=C(N)N. The van der Waals surface area contributed by atoms with E-state index in [1.165, 1.54) is 18.2 Å². The second-order valence-corrected chi connectivity index (χ2v) is 5.50. The highest BCUT2D eigenvalue weighted by Crippen LogP contribution is 2.24. The number of carboxylic acids is 1. The molecule has 0 aliphatic carbocycles. The normalized spacial score (nSPS) is 10.9. The van der Waals surface area contributed by atoms with Crippen LogP contribution in [0.2, 0.25) is 0 Å². The van der Waals surface area contributed by atoms with Crippen LogP contribution in [0.1, 0.15) is 26.3 Å². The molecule has 0 bridgehead atoms. The zero-order valence-corrected chi connectivity index (χ0v) is 14.3. The number of amides is 1. The van der Waals surface area contributed by atoms with Crippen LogP contribution in [0.5, 0.6) is 5.75 Å². The van der Waals surface area contributed by atoms with E-state index in [9.17, 15) is 14.7 Å². The van der Waals surface area contributed by atoms with Gasteiger partial charge in [-0.05, 0) is 42.8 Å². The number of guanidine groups is 2. The van der Waals surface area contributed by atoms with Crippen molar-refractivity contribution in [2.75, 3.05) is 5.32 Å². The Morgan fingerprint density at radius 1 is 1.07 bits per heavy atom. The largest absolute Gasteiger partial charge is 0.507 e. The first-order chi connectivity index (χ1) is 12.7. The van der Waals surface area contributed by atoms with Gasteiger partial charge in [0.1, 0.15) is 11.3 Å². The smallest absolute Gasteiger partial charge is 0.339 e. The molecular weight excluding hydrogens is 352 g/mol.